The predicted octanol–water partition coefficient (Wildman–Crippen LogP) is 1.15. The van der Waals surface area contributed by atoms with Crippen molar-refractivity contribution in [2.24, 2.45) is 5.92 Å². The molecule has 0 unspecified atom stereocenters. The van der Waals surface area contributed by atoms with Crippen LogP contribution < -0.4 is 5.32 Å². The van der Waals surface area contributed by atoms with Gasteiger partial charge in [-0.05, 0) is 39.5 Å². The number of carbonyl (C=O) groups excluding carboxylic acids is 3. The highest BCUT2D eigenvalue weighted by molar-refractivity contribution is 5.87. The second-order valence-corrected chi connectivity index (χ2v) is 7.56. The van der Waals surface area contributed by atoms with Gasteiger partial charge in [-0.2, -0.15) is 0 Å². The standard InChI is InChI=1S/C17H28N2O7/c1-10(2)13(18-16(24)26-17(3,4)5)15(23)25-9-12(20)19-8-6-7-11(19)14(21)22/h10-11,13H,6-9H2,1-5H3,(H,18,24)(H,21,22)/t11-,13+/m1/s1. The lowest BCUT2D eigenvalue weighted by Crippen LogP contribution is -2.48. The zero-order valence-electron chi connectivity index (χ0n) is 15.9. The van der Waals surface area contributed by atoms with Gasteiger partial charge in [0.05, 0.1) is 0 Å². The SMILES string of the molecule is CC(C)[C@H](NC(=O)OC(C)(C)C)C(=O)OCC(=O)N1CCC[C@@H]1C(=O)O. The third-order valence-electron chi connectivity index (χ3n) is 3.79. The molecule has 0 aromatic carbocycles. The number of esters is 1. The van der Waals surface area contributed by atoms with Crippen LogP contribution in [-0.4, -0.2) is 64.8 Å². The smallest absolute Gasteiger partial charge is 0.408 e. The molecule has 0 saturated carbocycles. The van der Waals surface area contributed by atoms with Crippen LogP contribution in [0.3, 0.4) is 0 Å². The minimum Gasteiger partial charge on any atom is -0.480 e. The Balaban J connectivity index is 2.61. The molecule has 2 N–H and O–H groups in total. The van der Waals surface area contributed by atoms with Crippen LogP contribution in [0.5, 0.6) is 0 Å². The van der Waals surface area contributed by atoms with E-state index >= 15 is 0 Å². The number of hydrogen-bond donors (Lipinski definition) is 2. The minimum absolute atomic E-state index is 0.288. The lowest BCUT2D eigenvalue weighted by atomic mass is 10.1. The van der Waals surface area contributed by atoms with Crippen LogP contribution in [0.15, 0.2) is 0 Å². The number of hydrogen-bond acceptors (Lipinski definition) is 6. The largest absolute Gasteiger partial charge is 0.480 e. The summed E-state index contributed by atoms with van der Waals surface area (Å²) < 4.78 is 10.1. The molecular weight excluding hydrogens is 344 g/mol. The fourth-order valence-corrected chi connectivity index (χ4v) is 2.56. The topological polar surface area (TPSA) is 122 Å². The molecule has 26 heavy (non-hydrogen) atoms. The molecule has 1 rings (SSSR count). The Morgan fingerprint density at radius 1 is 1.23 bits per heavy atom. The van der Waals surface area contributed by atoms with Crippen LogP contribution in [0.1, 0.15) is 47.5 Å². The number of ether oxygens (including phenoxy) is 2. The van der Waals surface area contributed by atoms with Crippen molar-refractivity contribution in [2.45, 2.75) is 65.1 Å². The van der Waals surface area contributed by atoms with Crippen LogP contribution in [0.4, 0.5) is 4.79 Å². The van der Waals surface area contributed by atoms with E-state index in [1.54, 1.807) is 34.6 Å². The molecule has 2 amide bonds. The Morgan fingerprint density at radius 3 is 2.35 bits per heavy atom. The Hall–Kier alpha value is -2.32. The predicted molar refractivity (Wildman–Crippen MR) is 91.3 cm³/mol. The van der Waals surface area contributed by atoms with Gasteiger partial charge in [0.2, 0.25) is 0 Å². The summed E-state index contributed by atoms with van der Waals surface area (Å²) in [6, 6.07) is -1.87. The monoisotopic (exact) mass is 372 g/mol. The molecule has 1 fully saturated rings. The molecule has 148 valence electrons. The summed E-state index contributed by atoms with van der Waals surface area (Å²) in [4.78, 5) is 48.6. The number of nitrogens with zero attached hydrogens (tertiary/aromatic N) is 1. The van der Waals surface area contributed by atoms with Gasteiger partial charge in [0.15, 0.2) is 6.61 Å². The van der Waals surface area contributed by atoms with Crippen molar-refractivity contribution < 1.29 is 33.8 Å². The number of rotatable bonds is 6. The number of carboxylic acid groups (broad SMARTS) is 1. The molecule has 0 bridgehead atoms. The molecule has 1 aliphatic rings. The van der Waals surface area contributed by atoms with Crippen LogP contribution >= 0.6 is 0 Å². The van der Waals surface area contributed by atoms with Gasteiger partial charge in [-0.15, -0.1) is 0 Å². The van der Waals surface area contributed by atoms with Gasteiger partial charge in [-0.25, -0.2) is 14.4 Å². The van der Waals surface area contributed by atoms with Gasteiger partial charge in [0.1, 0.15) is 17.7 Å². The third-order valence-corrected chi connectivity index (χ3v) is 3.79. The molecule has 0 aromatic heterocycles. The van der Waals surface area contributed by atoms with E-state index in [4.69, 9.17) is 14.6 Å². The fraction of sp³-hybridized carbons (Fsp3) is 0.765. The number of likely N-dealkylation sites (tertiary alicyclic amines) is 1. The highest BCUT2D eigenvalue weighted by Crippen LogP contribution is 2.17. The highest BCUT2D eigenvalue weighted by atomic mass is 16.6. The lowest BCUT2D eigenvalue weighted by Gasteiger charge is -2.25. The molecule has 1 aliphatic heterocycles. The molecule has 1 heterocycles. The number of alkyl carbamates (subject to hydrolysis) is 1. The number of aliphatic carboxylic acids is 1. The highest BCUT2D eigenvalue weighted by Gasteiger charge is 2.35. The Morgan fingerprint density at radius 2 is 1.85 bits per heavy atom. The molecule has 9 heteroatoms. The maximum Gasteiger partial charge on any atom is 0.408 e. The third kappa shape index (κ3) is 6.53. The quantitative estimate of drug-likeness (QED) is 0.671. The lowest BCUT2D eigenvalue weighted by molar-refractivity contribution is -0.157. The normalized spacial score (nSPS) is 18.4. The van der Waals surface area contributed by atoms with E-state index < -0.39 is 48.2 Å². The zero-order valence-corrected chi connectivity index (χ0v) is 15.9. The first-order chi connectivity index (χ1) is 11.9. The summed E-state index contributed by atoms with van der Waals surface area (Å²) in [6.07, 6.45) is 0.208. The summed E-state index contributed by atoms with van der Waals surface area (Å²) in [5.41, 5.74) is -0.715. The Labute approximate surface area is 153 Å². The fourth-order valence-electron chi connectivity index (χ4n) is 2.56. The molecule has 0 spiro atoms. The van der Waals surface area contributed by atoms with Crippen LogP contribution in [0.2, 0.25) is 0 Å². The van der Waals surface area contributed by atoms with Gasteiger partial charge >= 0.3 is 18.0 Å². The summed E-state index contributed by atoms with van der Waals surface area (Å²) in [6.45, 7) is 8.27. The summed E-state index contributed by atoms with van der Waals surface area (Å²) in [5.74, 6) is -2.70. The number of amides is 2. The van der Waals surface area contributed by atoms with Gasteiger partial charge < -0.3 is 24.8 Å². The second-order valence-electron chi connectivity index (χ2n) is 7.56. The molecule has 0 aliphatic carbocycles. The van der Waals surface area contributed by atoms with Gasteiger partial charge in [0, 0.05) is 6.54 Å². The summed E-state index contributed by atoms with van der Waals surface area (Å²) >= 11 is 0. The number of carboxylic acids is 1. The first-order valence-corrected chi connectivity index (χ1v) is 8.61. The molecule has 1 saturated heterocycles. The Kier molecular flexibility index (Phi) is 7.41. The molecule has 2 atom stereocenters. The minimum atomic E-state index is -1.08. The number of carbonyl (C=O) groups is 4. The van der Waals surface area contributed by atoms with Crippen molar-refractivity contribution in [1.29, 1.82) is 0 Å². The zero-order chi connectivity index (χ0) is 20.1. The average Bonchev–Trinajstić information content (AvgIpc) is 2.97. The van der Waals surface area contributed by atoms with Crippen molar-refractivity contribution in [3.63, 3.8) is 0 Å². The van der Waals surface area contributed by atoms with Gasteiger partial charge in [-0.1, -0.05) is 13.8 Å². The van der Waals surface area contributed by atoms with E-state index in [-0.39, 0.29) is 5.92 Å². The van der Waals surface area contributed by atoms with Crippen molar-refractivity contribution in [3.8, 4) is 0 Å². The number of nitrogens with one attached hydrogen (secondary N) is 1. The van der Waals surface area contributed by atoms with Crippen LogP contribution in [-0.2, 0) is 23.9 Å². The van der Waals surface area contributed by atoms with Crippen molar-refractivity contribution >= 4 is 23.9 Å². The maximum atomic E-state index is 12.2. The van der Waals surface area contributed by atoms with Crippen molar-refractivity contribution in [3.05, 3.63) is 0 Å². The average molecular weight is 372 g/mol. The summed E-state index contributed by atoms with van der Waals surface area (Å²) in [7, 11) is 0. The first kappa shape index (κ1) is 21.7. The molecule has 0 radical (unpaired) electrons. The van der Waals surface area contributed by atoms with E-state index in [1.165, 1.54) is 4.90 Å². The second kappa shape index (κ2) is 8.86. The molecule has 0 aromatic rings. The van der Waals surface area contributed by atoms with Crippen LogP contribution in [0.25, 0.3) is 0 Å². The molecule has 9 nitrogen and oxygen atoms in total. The van der Waals surface area contributed by atoms with Gasteiger partial charge in [0.25, 0.3) is 5.91 Å². The first-order valence-electron chi connectivity index (χ1n) is 8.61. The summed E-state index contributed by atoms with van der Waals surface area (Å²) in [5, 5.41) is 11.5. The van der Waals surface area contributed by atoms with E-state index in [1.807, 2.05) is 0 Å². The van der Waals surface area contributed by atoms with Crippen molar-refractivity contribution in [2.75, 3.05) is 13.2 Å². The molecular formula is C17H28N2O7. The maximum absolute atomic E-state index is 12.2. The van der Waals surface area contributed by atoms with E-state index in [0.29, 0.717) is 19.4 Å². The van der Waals surface area contributed by atoms with E-state index in [9.17, 15) is 19.2 Å². The van der Waals surface area contributed by atoms with E-state index in [2.05, 4.69) is 5.32 Å². The van der Waals surface area contributed by atoms with Gasteiger partial charge in [-0.3, -0.25) is 4.79 Å². The van der Waals surface area contributed by atoms with Crippen LogP contribution in [0, 0.1) is 5.92 Å². The Bertz CT molecular complexity index is 554. The van der Waals surface area contributed by atoms with Crippen molar-refractivity contribution in [1.82, 2.24) is 10.2 Å². The van der Waals surface area contributed by atoms with E-state index in [0.717, 1.165) is 0 Å².